The van der Waals surface area contributed by atoms with E-state index in [9.17, 15) is 14.4 Å². The van der Waals surface area contributed by atoms with Crippen LogP contribution in [0, 0.1) is 5.92 Å². The Morgan fingerprint density at radius 1 is 1.00 bits per heavy atom. The highest BCUT2D eigenvalue weighted by atomic mass is 16.5. The largest absolute Gasteiger partial charge is 0.480 e. The van der Waals surface area contributed by atoms with Gasteiger partial charge in [0.25, 0.3) is 6.47 Å². The lowest BCUT2D eigenvalue weighted by atomic mass is 10.1. The molecule has 132 valence electrons. The van der Waals surface area contributed by atoms with Gasteiger partial charge in [0.05, 0.1) is 13.1 Å². The van der Waals surface area contributed by atoms with E-state index in [1.165, 1.54) is 0 Å². The first-order chi connectivity index (χ1) is 10.9. The summed E-state index contributed by atoms with van der Waals surface area (Å²) in [5.74, 6) is -0.721. The normalized spacial score (nSPS) is 18.9. The molecule has 0 amide bonds. The zero-order chi connectivity index (χ0) is 17.2. The van der Waals surface area contributed by atoms with Gasteiger partial charge >= 0.3 is 5.97 Å². The molecule has 23 heavy (non-hydrogen) atoms. The van der Waals surface area contributed by atoms with Crippen molar-refractivity contribution in [2.75, 3.05) is 59.1 Å². The summed E-state index contributed by atoms with van der Waals surface area (Å²) in [4.78, 5) is 39.1. The molecule has 0 aromatic carbocycles. The Kier molecular flexibility index (Phi) is 8.75. The number of ether oxygens (including phenoxy) is 1. The van der Waals surface area contributed by atoms with Crippen LogP contribution in [0.15, 0.2) is 0 Å². The topological polar surface area (TPSA) is 90.4 Å². The maximum absolute atomic E-state index is 12.0. The SMILES string of the molecule is CC(C)C(=O)CN1CCN(COC=O)CCN(CC(=O)O)CC1. The Balaban J connectivity index is 2.68. The van der Waals surface area contributed by atoms with E-state index in [0.29, 0.717) is 52.3 Å². The molecule has 1 aliphatic heterocycles. The monoisotopic (exact) mass is 329 g/mol. The van der Waals surface area contributed by atoms with Gasteiger partial charge in [0, 0.05) is 45.2 Å². The first kappa shape index (κ1) is 19.5. The smallest absolute Gasteiger partial charge is 0.317 e. The second-order valence-corrected chi connectivity index (χ2v) is 6.08. The summed E-state index contributed by atoms with van der Waals surface area (Å²) < 4.78 is 4.81. The highest BCUT2D eigenvalue weighted by molar-refractivity contribution is 5.82. The first-order valence-corrected chi connectivity index (χ1v) is 7.89. The molecule has 0 atom stereocenters. The number of carbonyl (C=O) groups is 3. The zero-order valence-corrected chi connectivity index (χ0v) is 13.9. The molecule has 1 heterocycles. The van der Waals surface area contributed by atoms with E-state index in [4.69, 9.17) is 9.84 Å². The molecule has 8 nitrogen and oxygen atoms in total. The predicted molar refractivity (Wildman–Crippen MR) is 83.9 cm³/mol. The quantitative estimate of drug-likeness (QED) is 0.587. The second kappa shape index (κ2) is 10.3. The van der Waals surface area contributed by atoms with Crippen molar-refractivity contribution in [3.05, 3.63) is 0 Å². The summed E-state index contributed by atoms with van der Waals surface area (Å²) in [5, 5.41) is 9.00. The molecule has 0 aromatic heterocycles. The lowest BCUT2D eigenvalue weighted by Crippen LogP contribution is -2.41. The predicted octanol–water partition coefficient (Wildman–Crippen LogP) is -0.654. The molecule has 0 spiro atoms. The minimum Gasteiger partial charge on any atom is -0.480 e. The van der Waals surface area contributed by atoms with E-state index in [1.807, 2.05) is 28.5 Å². The molecule has 1 fully saturated rings. The van der Waals surface area contributed by atoms with Crippen molar-refractivity contribution < 1.29 is 24.2 Å². The van der Waals surface area contributed by atoms with E-state index in [0.717, 1.165) is 0 Å². The standard InChI is InChI=1S/C15H27N3O5/c1-13(2)14(20)9-16-3-4-17(10-15(21)22)6-8-18(7-5-16)11-23-12-19/h12-13H,3-11H2,1-2H3,(H,21,22). The molecule has 0 aliphatic carbocycles. The molecule has 0 radical (unpaired) electrons. The highest BCUT2D eigenvalue weighted by Gasteiger charge is 2.20. The van der Waals surface area contributed by atoms with Crippen LogP contribution in [-0.2, 0) is 19.1 Å². The van der Waals surface area contributed by atoms with Gasteiger partial charge in [-0.05, 0) is 0 Å². The third-order valence-corrected chi connectivity index (χ3v) is 3.90. The summed E-state index contributed by atoms with van der Waals surface area (Å²) in [7, 11) is 0. The number of aliphatic carboxylic acids is 1. The van der Waals surface area contributed by atoms with Crippen molar-refractivity contribution in [3.63, 3.8) is 0 Å². The summed E-state index contributed by atoms with van der Waals surface area (Å²) in [5.41, 5.74) is 0. The fourth-order valence-corrected chi connectivity index (χ4v) is 2.36. The van der Waals surface area contributed by atoms with Crippen molar-refractivity contribution in [1.82, 2.24) is 14.7 Å². The molecule has 8 heteroatoms. The summed E-state index contributed by atoms with van der Waals surface area (Å²) in [6.07, 6.45) is 0. The number of carboxylic acids is 1. The fraction of sp³-hybridized carbons (Fsp3) is 0.800. The number of rotatable bonds is 8. The average Bonchev–Trinajstić information content (AvgIpc) is 2.57. The van der Waals surface area contributed by atoms with Gasteiger partial charge in [-0.2, -0.15) is 0 Å². The lowest BCUT2D eigenvalue weighted by Gasteiger charge is -2.25. The Labute approximate surface area is 137 Å². The molecule has 1 N–H and O–H groups in total. The van der Waals surface area contributed by atoms with Crippen LogP contribution in [0.25, 0.3) is 0 Å². The number of carboxylic acid groups (broad SMARTS) is 1. The second-order valence-electron chi connectivity index (χ2n) is 6.08. The molecule has 0 unspecified atom stereocenters. The first-order valence-electron chi connectivity index (χ1n) is 7.89. The highest BCUT2D eigenvalue weighted by Crippen LogP contribution is 2.03. The fourth-order valence-electron chi connectivity index (χ4n) is 2.36. The van der Waals surface area contributed by atoms with E-state index >= 15 is 0 Å². The van der Waals surface area contributed by atoms with E-state index < -0.39 is 5.97 Å². The van der Waals surface area contributed by atoms with E-state index in [1.54, 1.807) is 0 Å². The summed E-state index contributed by atoms with van der Waals surface area (Å²) in [6, 6.07) is 0. The Morgan fingerprint density at radius 2 is 1.48 bits per heavy atom. The van der Waals surface area contributed by atoms with Gasteiger partial charge < -0.3 is 9.84 Å². The zero-order valence-electron chi connectivity index (χ0n) is 13.9. The van der Waals surface area contributed by atoms with Gasteiger partial charge in [-0.25, -0.2) is 0 Å². The van der Waals surface area contributed by atoms with Gasteiger partial charge in [0.15, 0.2) is 0 Å². The number of hydrogen-bond donors (Lipinski definition) is 1. The third-order valence-electron chi connectivity index (χ3n) is 3.90. The molecule has 1 aliphatic rings. The van der Waals surface area contributed by atoms with Crippen LogP contribution in [0.4, 0.5) is 0 Å². The molecular formula is C15H27N3O5. The Bertz CT molecular complexity index is 403. The van der Waals surface area contributed by atoms with E-state index in [2.05, 4.69) is 0 Å². The number of carbonyl (C=O) groups excluding carboxylic acids is 2. The van der Waals surface area contributed by atoms with Crippen LogP contribution in [0.1, 0.15) is 13.8 Å². The lowest BCUT2D eigenvalue weighted by molar-refractivity contribution is -0.138. The van der Waals surface area contributed by atoms with Gasteiger partial charge in [-0.3, -0.25) is 29.1 Å². The van der Waals surface area contributed by atoms with Gasteiger partial charge in [0.2, 0.25) is 0 Å². The van der Waals surface area contributed by atoms with Crippen molar-refractivity contribution in [3.8, 4) is 0 Å². The van der Waals surface area contributed by atoms with Crippen molar-refractivity contribution in [2.24, 2.45) is 5.92 Å². The molecule has 0 saturated carbocycles. The van der Waals surface area contributed by atoms with Crippen LogP contribution in [0.2, 0.25) is 0 Å². The minimum absolute atomic E-state index is 0.0211. The van der Waals surface area contributed by atoms with Crippen LogP contribution >= 0.6 is 0 Å². The summed E-state index contributed by atoms with van der Waals surface area (Å²) in [6.45, 7) is 8.45. The van der Waals surface area contributed by atoms with Crippen LogP contribution < -0.4 is 0 Å². The molecule has 0 aromatic rings. The van der Waals surface area contributed by atoms with Gasteiger partial charge in [0.1, 0.15) is 12.5 Å². The maximum Gasteiger partial charge on any atom is 0.317 e. The van der Waals surface area contributed by atoms with Crippen molar-refractivity contribution in [1.29, 1.82) is 0 Å². The van der Waals surface area contributed by atoms with Crippen LogP contribution in [0.3, 0.4) is 0 Å². The maximum atomic E-state index is 12.0. The van der Waals surface area contributed by atoms with Crippen LogP contribution in [-0.4, -0.2) is 97.1 Å². The molecular weight excluding hydrogens is 302 g/mol. The molecule has 1 saturated heterocycles. The Morgan fingerprint density at radius 3 is 1.91 bits per heavy atom. The molecule has 1 rings (SSSR count). The number of ketones is 1. The number of Topliss-reactive ketones (excluding diaryl/α,β-unsaturated/α-hetero) is 1. The van der Waals surface area contributed by atoms with Crippen molar-refractivity contribution in [2.45, 2.75) is 13.8 Å². The Hall–Kier alpha value is -1.51. The van der Waals surface area contributed by atoms with E-state index in [-0.39, 0.29) is 25.0 Å². The average molecular weight is 329 g/mol. The van der Waals surface area contributed by atoms with Gasteiger partial charge in [-0.1, -0.05) is 13.8 Å². The van der Waals surface area contributed by atoms with Gasteiger partial charge in [-0.15, -0.1) is 0 Å². The van der Waals surface area contributed by atoms with Crippen LogP contribution in [0.5, 0.6) is 0 Å². The van der Waals surface area contributed by atoms with Crippen molar-refractivity contribution >= 4 is 18.2 Å². The summed E-state index contributed by atoms with van der Waals surface area (Å²) >= 11 is 0. The third kappa shape index (κ3) is 8.06. The number of nitrogens with zero attached hydrogens (tertiary/aromatic N) is 3. The minimum atomic E-state index is -0.871. The number of hydrogen-bond acceptors (Lipinski definition) is 7. The molecule has 0 bridgehead atoms.